The van der Waals surface area contributed by atoms with Crippen LogP contribution in [-0.2, 0) is 14.3 Å². The standard InChI is InChI=1S/C16H26O3/c1-10(2)13(17)18-11(3)19-14-15(4,5)12-7-8-16(14,6)9-12/h11-12,14H,1,7-9H2,2-6H3. The molecule has 0 amide bonds. The van der Waals surface area contributed by atoms with Crippen LogP contribution in [0, 0.1) is 16.7 Å². The summed E-state index contributed by atoms with van der Waals surface area (Å²) in [5, 5.41) is 0. The number of esters is 1. The SMILES string of the molecule is C=C(C)C(=O)OC(C)OC1C2(C)CCC(C2)C1(C)C. The van der Waals surface area contributed by atoms with Crippen molar-refractivity contribution in [2.24, 2.45) is 16.7 Å². The van der Waals surface area contributed by atoms with E-state index in [2.05, 4.69) is 27.4 Å². The molecule has 3 nitrogen and oxygen atoms in total. The summed E-state index contributed by atoms with van der Waals surface area (Å²) in [6.07, 6.45) is 3.39. The molecule has 0 aliphatic heterocycles. The largest absolute Gasteiger partial charge is 0.433 e. The van der Waals surface area contributed by atoms with Crippen LogP contribution in [-0.4, -0.2) is 18.4 Å². The fourth-order valence-corrected chi connectivity index (χ4v) is 4.07. The molecule has 0 N–H and O–H groups in total. The molecule has 0 aromatic carbocycles. The summed E-state index contributed by atoms with van der Waals surface area (Å²) in [6.45, 7) is 13.9. The molecule has 108 valence electrons. The molecule has 0 spiro atoms. The minimum Gasteiger partial charge on any atom is -0.433 e. The second kappa shape index (κ2) is 4.62. The average Bonchev–Trinajstić information content (AvgIpc) is 2.75. The summed E-state index contributed by atoms with van der Waals surface area (Å²) >= 11 is 0. The van der Waals surface area contributed by atoms with Gasteiger partial charge in [-0.3, -0.25) is 0 Å². The van der Waals surface area contributed by atoms with Gasteiger partial charge >= 0.3 is 5.97 Å². The van der Waals surface area contributed by atoms with E-state index in [1.807, 2.05) is 0 Å². The first kappa shape index (κ1) is 14.6. The fourth-order valence-electron chi connectivity index (χ4n) is 4.07. The summed E-state index contributed by atoms with van der Waals surface area (Å²) in [5.74, 6) is 0.352. The Morgan fingerprint density at radius 2 is 2.00 bits per heavy atom. The molecule has 0 aromatic heterocycles. The molecule has 2 aliphatic carbocycles. The van der Waals surface area contributed by atoms with Gasteiger partial charge in [0.15, 0.2) is 0 Å². The summed E-state index contributed by atoms with van der Waals surface area (Å²) in [5.41, 5.74) is 0.809. The molecule has 4 unspecified atom stereocenters. The van der Waals surface area contributed by atoms with Gasteiger partial charge in [-0.25, -0.2) is 4.79 Å². The first-order valence-electron chi connectivity index (χ1n) is 7.19. The van der Waals surface area contributed by atoms with Crippen molar-refractivity contribution < 1.29 is 14.3 Å². The van der Waals surface area contributed by atoms with Gasteiger partial charge in [-0.1, -0.05) is 27.4 Å². The normalized spacial score (nSPS) is 37.1. The van der Waals surface area contributed by atoms with Gasteiger partial charge in [0.25, 0.3) is 0 Å². The number of rotatable bonds is 4. The third kappa shape index (κ3) is 2.45. The minimum absolute atomic E-state index is 0.159. The van der Waals surface area contributed by atoms with E-state index >= 15 is 0 Å². The minimum atomic E-state index is -0.510. The van der Waals surface area contributed by atoms with Crippen molar-refractivity contribution in [3.63, 3.8) is 0 Å². The second-order valence-corrected chi connectivity index (χ2v) is 7.18. The molecular weight excluding hydrogens is 240 g/mol. The molecule has 0 aromatic rings. The molecule has 2 saturated carbocycles. The number of carbonyl (C=O) groups is 1. The summed E-state index contributed by atoms with van der Waals surface area (Å²) in [7, 11) is 0. The summed E-state index contributed by atoms with van der Waals surface area (Å²) in [6, 6.07) is 0. The lowest BCUT2D eigenvalue weighted by Gasteiger charge is -2.43. The van der Waals surface area contributed by atoms with Gasteiger partial charge in [-0.05, 0) is 49.9 Å². The zero-order chi connectivity index (χ0) is 14.4. The van der Waals surface area contributed by atoms with Crippen LogP contribution < -0.4 is 0 Å². The van der Waals surface area contributed by atoms with E-state index in [0.717, 1.165) is 5.92 Å². The summed E-state index contributed by atoms with van der Waals surface area (Å²) < 4.78 is 11.4. The van der Waals surface area contributed by atoms with Gasteiger partial charge < -0.3 is 9.47 Å². The van der Waals surface area contributed by atoms with Crippen LogP contribution in [0.25, 0.3) is 0 Å². The highest BCUT2D eigenvalue weighted by Crippen LogP contribution is 2.63. The molecule has 19 heavy (non-hydrogen) atoms. The molecule has 2 rings (SSSR count). The van der Waals surface area contributed by atoms with E-state index in [9.17, 15) is 4.79 Å². The highest BCUT2D eigenvalue weighted by molar-refractivity contribution is 5.86. The third-order valence-electron chi connectivity index (χ3n) is 5.09. The lowest BCUT2D eigenvalue weighted by atomic mass is 9.70. The molecule has 0 saturated heterocycles. The van der Waals surface area contributed by atoms with E-state index in [1.165, 1.54) is 19.3 Å². The van der Waals surface area contributed by atoms with Crippen LogP contribution in [0.4, 0.5) is 0 Å². The van der Waals surface area contributed by atoms with E-state index in [4.69, 9.17) is 9.47 Å². The van der Waals surface area contributed by atoms with Gasteiger partial charge in [0.05, 0.1) is 6.10 Å². The van der Waals surface area contributed by atoms with E-state index in [1.54, 1.807) is 13.8 Å². The maximum absolute atomic E-state index is 11.5. The Bertz CT molecular complexity index is 394. The Balaban J connectivity index is 2.02. The van der Waals surface area contributed by atoms with Crippen LogP contribution >= 0.6 is 0 Å². The van der Waals surface area contributed by atoms with Crippen LogP contribution in [0.5, 0.6) is 0 Å². The number of hydrogen-bond acceptors (Lipinski definition) is 3. The van der Waals surface area contributed by atoms with Gasteiger partial charge in [-0.2, -0.15) is 0 Å². The van der Waals surface area contributed by atoms with Crippen molar-refractivity contribution in [2.45, 2.75) is 66.3 Å². The Hall–Kier alpha value is -0.830. The van der Waals surface area contributed by atoms with Gasteiger partial charge in [-0.15, -0.1) is 0 Å². The number of hydrogen-bond donors (Lipinski definition) is 0. The molecule has 0 heterocycles. The Labute approximate surface area is 116 Å². The van der Waals surface area contributed by atoms with Gasteiger partial charge in [0.2, 0.25) is 6.29 Å². The number of fused-ring (bicyclic) bond motifs is 2. The summed E-state index contributed by atoms with van der Waals surface area (Å²) in [4.78, 5) is 11.5. The Morgan fingerprint density at radius 1 is 1.37 bits per heavy atom. The van der Waals surface area contributed by atoms with E-state index in [-0.39, 0.29) is 22.9 Å². The van der Waals surface area contributed by atoms with Crippen molar-refractivity contribution in [3.05, 3.63) is 12.2 Å². The smallest absolute Gasteiger partial charge is 0.335 e. The monoisotopic (exact) mass is 266 g/mol. The lowest BCUT2D eigenvalue weighted by molar-refractivity contribution is -0.210. The third-order valence-corrected chi connectivity index (χ3v) is 5.09. The Morgan fingerprint density at radius 3 is 2.47 bits per heavy atom. The fraction of sp³-hybridized carbons (Fsp3) is 0.812. The molecule has 3 heteroatoms. The maximum atomic E-state index is 11.5. The molecule has 4 atom stereocenters. The van der Waals surface area contributed by atoms with Crippen LogP contribution in [0.15, 0.2) is 12.2 Å². The average molecular weight is 266 g/mol. The molecule has 2 bridgehead atoms. The molecule has 2 aliphatic rings. The number of ether oxygens (including phenoxy) is 2. The van der Waals surface area contributed by atoms with Crippen LogP contribution in [0.1, 0.15) is 53.9 Å². The van der Waals surface area contributed by atoms with Gasteiger partial charge in [0, 0.05) is 5.57 Å². The predicted octanol–water partition coefficient (Wildman–Crippen LogP) is 3.68. The lowest BCUT2D eigenvalue weighted by Crippen LogP contribution is -2.44. The van der Waals surface area contributed by atoms with Crippen molar-refractivity contribution in [1.82, 2.24) is 0 Å². The van der Waals surface area contributed by atoms with Crippen molar-refractivity contribution in [3.8, 4) is 0 Å². The molecule has 2 fully saturated rings. The zero-order valence-electron chi connectivity index (χ0n) is 12.8. The van der Waals surface area contributed by atoms with Gasteiger partial charge in [0.1, 0.15) is 0 Å². The highest BCUT2D eigenvalue weighted by atomic mass is 16.7. The maximum Gasteiger partial charge on any atom is 0.335 e. The van der Waals surface area contributed by atoms with E-state index in [0.29, 0.717) is 5.57 Å². The quantitative estimate of drug-likeness (QED) is 0.442. The predicted molar refractivity (Wildman–Crippen MR) is 74.5 cm³/mol. The van der Waals surface area contributed by atoms with Crippen LogP contribution in [0.3, 0.4) is 0 Å². The first-order chi connectivity index (χ1) is 8.67. The van der Waals surface area contributed by atoms with E-state index < -0.39 is 6.29 Å². The van der Waals surface area contributed by atoms with Crippen molar-refractivity contribution in [2.75, 3.05) is 0 Å². The zero-order valence-corrected chi connectivity index (χ0v) is 12.8. The highest BCUT2D eigenvalue weighted by Gasteiger charge is 2.60. The molecule has 0 radical (unpaired) electrons. The first-order valence-corrected chi connectivity index (χ1v) is 7.19. The van der Waals surface area contributed by atoms with Crippen LogP contribution in [0.2, 0.25) is 0 Å². The second-order valence-electron chi connectivity index (χ2n) is 7.18. The molecular formula is C16H26O3. The van der Waals surface area contributed by atoms with Crippen molar-refractivity contribution in [1.29, 1.82) is 0 Å². The van der Waals surface area contributed by atoms with Crippen molar-refractivity contribution >= 4 is 5.97 Å². The number of carbonyl (C=O) groups excluding carboxylic acids is 1. The topological polar surface area (TPSA) is 35.5 Å². The Kier molecular flexibility index (Phi) is 3.54.